The zero-order chi connectivity index (χ0) is 15.2. The lowest BCUT2D eigenvalue weighted by Crippen LogP contribution is -2.00. The zero-order valence-electron chi connectivity index (χ0n) is 11.9. The van der Waals surface area contributed by atoms with E-state index in [1.54, 1.807) is 14.2 Å². The van der Waals surface area contributed by atoms with Gasteiger partial charge in [0.1, 0.15) is 12.4 Å². The number of hydrogen-bond acceptors (Lipinski definition) is 3. The van der Waals surface area contributed by atoms with Gasteiger partial charge in [0, 0.05) is 15.4 Å². The predicted octanol–water partition coefficient (Wildman–Crippen LogP) is 4.94. The van der Waals surface area contributed by atoms with Crippen LogP contribution in [0.2, 0.25) is 0 Å². The second-order valence-corrected chi connectivity index (χ2v) is 5.84. The highest BCUT2D eigenvalue weighted by atomic mass is 79.9. The van der Waals surface area contributed by atoms with Crippen LogP contribution in [0.15, 0.2) is 40.9 Å². The van der Waals surface area contributed by atoms with Crippen LogP contribution in [0.3, 0.4) is 0 Å². The lowest BCUT2D eigenvalue weighted by atomic mass is 10.2. The summed E-state index contributed by atoms with van der Waals surface area (Å²) < 4.78 is 17.6. The minimum absolute atomic E-state index is 0.407. The molecule has 21 heavy (non-hydrogen) atoms. The summed E-state index contributed by atoms with van der Waals surface area (Å²) in [6, 6.07) is 11.7. The summed E-state index contributed by atoms with van der Waals surface area (Å²) in [7, 11) is 3.29. The Bertz CT molecular complexity index is 614. The standard InChI is InChI=1S/C16H16Br2O3/c1-19-14-6-4-13(18)8-12(14)10-21-16-7-11(9-17)3-5-15(16)20-2/h3-8H,9-10H2,1-2H3. The molecule has 0 spiro atoms. The van der Waals surface area contributed by atoms with E-state index in [-0.39, 0.29) is 0 Å². The highest BCUT2D eigenvalue weighted by molar-refractivity contribution is 9.10. The molecule has 0 N–H and O–H groups in total. The second-order valence-electron chi connectivity index (χ2n) is 4.36. The van der Waals surface area contributed by atoms with Crippen molar-refractivity contribution in [3.05, 3.63) is 52.0 Å². The molecule has 0 amide bonds. The van der Waals surface area contributed by atoms with Gasteiger partial charge in [-0.3, -0.25) is 0 Å². The Balaban J connectivity index is 2.21. The van der Waals surface area contributed by atoms with Gasteiger partial charge in [0.15, 0.2) is 11.5 Å². The molecule has 0 fully saturated rings. The van der Waals surface area contributed by atoms with Gasteiger partial charge in [0.05, 0.1) is 14.2 Å². The van der Waals surface area contributed by atoms with E-state index in [9.17, 15) is 0 Å². The molecule has 0 saturated carbocycles. The van der Waals surface area contributed by atoms with Crippen LogP contribution in [-0.2, 0) is 11.9 Å². The van der Waals surface area contributed by atoms with Crippen molar-refractivity contribution in [3.8, 4) is 17.2 Å². The van der Waals surface area contributed by atoms with Crippen LogP contribution in [-0.4, -0.2) is 14.2 Å². The molecule has 2 rings (SSSR count). The van der Waals surface area contributed by atoms with Crippen LogP contribution in [0.4, 0.5) is 0 Å². The lowest BCUT2D eigenvalue weighted by molar-refractivity contribution is 0.278. The van der Waals surface area contributed by atoms with Crippen molar-refractivity contribution in [2.75, 3.05) is 14.2 Å². The highest BCUT2D eigenvalue weighted by Crippen LogP contribution is 2.31. The fourth-order valence-electron chi connectivity index (χ4n) is 1.93. The molecule has 0 atom stereocenters. The Kier molecular flexibility index (Phi) is 5.94. The van der Waals surface area contributed by atoms with Crippen molar-refractivity contribution in [1.29, 1.82) is 0 Å². The van der Waals surface area contributed by atoms with E-state index < -0.39 is 0 Å². The number of halogens is 2. The van der Waals surface area contributed by atoms with Gasteiger partial charge in [0.2, 0.25) is 0 Å². The first-order valence-corrected chi connectivity index (χ1v) is 8.27. The Morgan fingerprint density at radius 3 is 2.29 bits per heavy atom. The lowest BCUT2D eigenvalue weighted by Gasteiger charge is -2.14. The number of hydrogen-bond donors (Lipinski definition) is 0. The first-order chi connectivity index (χ1) is 10.2. The molecule has 112 valence electrons. The van der Waals surface area contributed by atoms with E-state index in [0.29, 0.717) is 12.4 Å². The van der Waals surface area contributed by atoms with Crippen LogP contribution >= 0.6 is 31.9 Å². The van der Waals surface area contributed by atoms with Gasteiger partial charge in [-0.1, -0.05) is 37.9 Å². The average Bonchev–Trinajstić information content (AvgIpc) is 2.52. The third-order valence-corrected chi connectivity index (χ3v) is 4.15. The quantitative estimate of drug-likeness (QED) is 0.625. The van der Waals surface area contributed by atoms with Gasteiger partial charge in [0.25, 0.3) is 0 Å². The summed E-state index contributed by atoms with van der Waals surface area (Å²) in [6.07, 6.45) is 0. The summed E-state index contributed by atoms with van der Waals surface area (Å²) in [5, 5.41) is 0.771. The maximum atomic E-state index is 5.91. The topological polar surface area (TPSA) is 27.7 Å². The van der Waals surface area contributed by atoms with E-state index in [4.69, 9.17) is 14.2 Å². The van der Waals surface area contributed by atoms with Gasteiger partial charge in [-0.2, -0.15) is 0 Å². The van der Waals surface area contributed by atoms with Crippen LogP contribution < -0.4 is 14.2 Å². The normalized spacial score (nSPS) is 10.3. The van der Waals surface area contributed by atoms with Crippen LogP contribution in [0.5, 0.6) is 17.2 Å². The third kappa shape index (κ3) is 4.14. The molecule has 2 aromatic rings. The summed E-state index contributed by atoms with van der Waals surface area (Å²) in [5.74, 6) is 2.24. The molecule has 0 unspecified atom stereocenters. The van der Waals surface area contributed by atoms with E-state index in [1.165, 1.54) is 0 Å². The number of rotatable bonds is 6. The van der Waals surface area contributed by atoms with Crippen LogP contribution in [0, 0.1) is 0 Å². The molecule has 0 aromatic heterocycles. The second kappa shape index (κ2) is 7.71. The minimum Gasteiger partial charge on any atom is -0.496 e. The summed E-state index contributed by atoms with van der Waals surface area (Å²) in [6.45, 7) is 0.407. The summed E-state index contributed by atoms with van der Waals surface area (Å²) in [4.78, 5) is 0. The number of alkyl halides is 1. The largest absolute Gasteiger partial charge is 0.496 e. The molecule has 0 aliphatic rings. The first-order valence-electron chi connectivity index (χ1n) is 6.36. The molecular formula is C16H16Br2O3. The van der Waals surface area contributed by atoms with Crippen molar-refractivity contribution in [1.82, 2.24) is 0 Å². The van der Waals surface area contributed by atoms with Gasteiger partial charge < -0.3 is 14.2 Å². The van der Waals surface area contributed by atoms with Gasteiger partial charge >= 0.3 is 0 Å². The van der Waals surface area contributed by atoms with Crippen molar-refractivity contribution < 1.29 is 14.2 Å². The van der Waals surface area contributed by atoms with Crippen LogP contribution in [0.25, 0.3) is 0 Å². The maximum absolute atomic E-state index is 5.91. The summed E-state index contributed by atoms with van der Waals surface area (Å²) >= 11 is 6.90. The van der Waals surface area contributed by atoms with Crippen molar-refractivity contribution in [2.45, 2.75) is 11.9 Å². The maximum Gasteiger partial charge on any atom is 0.161 e. The molecule has 0 bridgehead atoms. The van der Waals surface area contributed by atoms with Crippen molar-refractivity contribution in [2.24, 2.45) is 0 Å². The Morgan fingerprint density at radius 1 is 0.905 bits per heavy atom. The number of methoxy groups -OCH3 is 2. The molecule has 3 nitrogen and oxygen atoms in total. The smallest absolute Gasteiger partial charge is 0.161 e. The van der Waals surface area contributed by atoms with Crippen LogP contribution in [0.1, 0.15) is 11.1 Å². The van der Waals surface area contributed by atoms with E-state index in [0.717, 1.165) is 32.4 Å². The molecule has 0 saturated heterocycles. The molecule has 0 radical (unpaired) electrons. The first kappa shape index (κ1) is 16.2. The predicted molar refractivity (Wildman–Crippen MR) is 90.7 cm³/mol. The van der Waals surface area contributed by atoms with Crippen molar-refractivity contribution in [3.63, 3.8) is 0 Å². The van der Waals surface area contributed by atoms with E-state index >= 15 is 0 Å². The molecule has 2 aromatic carbocycles. The number of benzene rings is 2. The van der Waals surface area contributed by atoms with E-state index in [1.807, 2.05) is 36.4 Å². The fourth-order valence-corrected chi connectivity index (χ4v) is 2.69. The molecule has 0 aliphatic heterocycles. The van der Waals surface area contributed by atoms with Gasteiger partial charge in [-0.15, -0.1) is 0 Å². The average molecular weight is 416 g/mol. The Hall–Kier alpha value is -1.20. The zero-order valence-corrected chi connectivity index (χ0v) is 15.0. The molecule has 0 aliphatic carbocycles. The fraction of sp³-hybridized carbons (Fsp3) is 0.250. The van der Waals surface area contributed by atoms with E-state index in [2.05, 4.69) is 31.9 Å². The van der Waals surface area contributed by atoms with Crippen molar-refractivity contribution >= 4 is 31.9 Å². The SMILES string of the molecule is COc1ccc(Br)cc1COc1cc(CBr)ccc1OC. The Labute approximate surface area is 141 Å². The molecule has 5 heteroatoms. The molecule has 0 heterocycles. The monoisotopic (exact) mass is 414 g/mol. The minimum atomic E-state index is 0.407. The Morgan fingerprint density at radius 2 is 1.62 bits per heavy atom. The van der Waals surface area contributed by atoms with Gasteiger partial charge in [-0.05, 0) is 35.9 Å². The molecular weight excluding hydrogens is 400 g/mol. The van der Waals surface area contributed by atoms with Gasteiger partial charge in [-0.25, -0.2) is 0 Å². The summed E-state index contributed by atoms with van der Waals surface area (Å²) in [5.41, 5.74) is 2.10. The highest BCUT2D eigenvalue weighted by Gasteiger charge is 2.09. The third-order valence-electron chi connectivity index (χ3n) is 3.01. The number of ether oxygens (including phenoxy) is 3.